The predicted molar refractivity (Wildman–Crippen MR) is 108 cm³/mol. The van der Waals surface area contributed by atoms with E-state index in [9.17, 15) is 4.79 Å². The lowest BCUT2D eigenvalue weighted by Crippen LogP contribution is -2.34. The van der Waals surface area contributed by atoms with Gasteiger partial charge in [-0.1, -0.05) is 54.1 Å². The summed E-state index contributed by atoms with van der Waals surface area (Å²) < 4.78 is 5.72. The van der Waals surface area contributed by atoms with E-state index >= 15 is 0 Å². The van der Waals surface area contributed by atoms with Gasteiger partial charge in [0.2, 0.25) is 17.7 Å². The molecule has 0 saturated heterocycles. The largest absolute Gasteiger partial charge is 0.421 e. The Kier molecular flexibility index (Phi) is 5.33. The molecule has 2 aromatic carbocycles. The summed E-state index contributed by atoms with van der Waals surface area (Å²) in [5.41, 5.74) is 4.62. The average Bonchev–Trinajstić information content (AvgIpc) is 3.22. The molecule has 142 valence electrons. The molecule has 0 N–H and O–H groups in total. The first-order valence-corrected chi connectivity index (χ1v) is 9.61. The molecule has 0 fully saturated rings. The quantitative estimate of drug-likeness (QED) is 0.669. The van der Waals surface area contributed by atoms with Gasteiger partial charge in [-0.25, -0.2) is 0 Å². The van der Waals surface area contributed by atoms with Gasteiger partial charge in [0.15, 0.2) is 0 Å². The highest BCUT2D eigenvalue weighted by molar-refractivity contribution is 5.78. The van der Waals surface area contributed by atoms with Crippen molar-refractivity contribution >= 4 is 11.5 Å². The lowest BCUT2D eigenvalue weighted by Gasteiger charge is -2.26. The highest BCUT2D eigenvalue weighted by Gasteiger charge is 2.19. The first kappa shape index (κ1) is 18.2. The third-order valence-corrected chi connectivity index (χ3v) is 5.02. The van der Waals surface area contributed by atoms with Crippen LogP contribution in [0, 0.1) is 6.92 Å². The molecule has 0 spiro atoms. The molecule has 0 aliphatic carbocycles. The number of aromatic nitrogens is 2. The Morgan fingerprint density at radius 3 is 2.54 bits per heavy atom. The van der Waals surface area contributed by atoms with Gasteiger partial charge in [-0.3, -0.25) is 4.79 Å². The number of hydrogen-bond donors (Lipinski definition) is 0. The number of carbonyl (C=O) groups excluding carboxylic acids is 1. The molecule has 0 unspecified atom stereocenters. The summed E-state index contributed by atoms with van der Waals surface area (Å²) in [5.74, 6) is 1.12. The maximum absolute atomic E-state index is 12.5. The van der Waals surface area contributed by atoms with Crippen molar-refractivity contribution in [2.45, 2.75) is 26.2 Å². The Hall–Kier alpha value is -3.21. The maximum Gasteiger partial charge on any atom is 0.247 e. The molecule has 4 rings (SSSR count). The van der Waals surface area contributed by atoms with Gasteiger partial charge in [0, 0.05) is 31.5 Å². The van der Waals surface area contributed by atoms with Crippen molar-refractivity contribution in [2.75, 3.05) is 13.1 Å². The van der Waals surface area contributed by atoms with E-state index in [1.807, 2.05) is 54.3 Å². The Labute approximate surface area is 164 Å². The fraction of sp³-hybridized carbons (Fsp3) is 0.261. The summed E-state index contributed by atoms with van der Waals surface area (Å²) >= 11 is 0. The maximum atomic E-state index is 12.5. The van der Waals surface area contributed by atoms with E-state index in [-0.39, 0.29) is 5.91 Å². The molecule has 0 radical (unpaired) electrons. The van der Waals surface area contributed by atoms with Gasteiger partial charge >= 0.3 is 0 Å². The molecule has 0 bridgehead atoms. The Morgan fingerprint density at radius 1 is 1.04 bits per heavy atom. The monoisotopic (exact) mass is 373 g/mol. The lowest BCUT2D eigenvalue weighted by molar-refractivity contribution is -0.130. The molecule has 3 aromatic rings. The van der Waals surface area contributed by atoms with Crippen molar-refractivity contribution in [3.63, 3.8) is 0 Å². The number of nitrogens with zero attached hydrogens (tertiary/aromatic N) is 3. The molecular formula is C23H23N3O2. The summed E-state index contributed by atoms with van der Waals surface area (Å²) in [4.78, 5) is 14.4. The van der Waals surface area contributed by atoms with Gasteiger partial charge in [0.05, 0.1) is 0 Å². The van der Waals surface area contributed by atoms with Crippen LogP contribution in [0.2, 0.25) is 0 Å². The zero-order chi connectivity index (χ0) is 19.3. The van der Waals surface area contributed by atoms with E-state index in [1.54, 1.807) is 0 Å². The van der Waals surface area contributed by atoms with Gasteiger partial charge in [0.1, 0.15) is 0 Å². The molecule has 1 aliphatic rings. The van der Waals surface area contributed by atoms with Crippen molar-refractivity contribution in [1.82, 2.24) is 15.1 Å². The second-order valence-corrected chi connectivity index (χ2v) is 7.05. The van der Waals surface area contributed by atoms with Crippen LogP contribution in [-0.2, 0) is 11.2 Å². The van der Waals surface area contributed by atoms with Crippen molar-refractivity contribution in [3.05, 3.63) is 77.7 Å². The summed E-state index contributed by atoms with van der Waals surface area (Å²) in [6.07, 6.45) is 3.88. The molecule has 0 saturated carbocycles. The second-order valence-electron chi connectivity index (χ2n) is 7.05. The van der Waals surface area contributed by atoms with Crippen LogP contribution < -0.4 is 0 Å². The topological polar surface area (TPSA) is 59.2 Å². The molecule has 5 heteroatoms. The minimum atomic E-state index is 0.124. The van der Waals surface area contributed by atoms with Crippen molar-refractivity contribution in [1.29, 1.82) is 0 Å². The molecular weight excluding hydrogens is 350 g/mol. The summed E-state index contributed by atoms with van der Waals surface area (Å²) in [5, 5.41) is 8.18. The predicted octanol–water partition coefficient (Wildman–Crippen LogP) is 4.29. The first-order chi connectivity index (χ1) is 13.7. The number of rotatable bonds is 5. The molecule has 1 amide bonds. The van der Waals surface area contributed by atoms with E-state index in [4.69, 9.17) is 4.42 Å². The van der Waals surface area contributed by atoms with Gasteiger partial charge in [-0.05, 0) is 36.6 Å². The normalized spacial score (nSPS) is 14.0. The minimum Gasteiger partial charge on any atom is -0.421 e. The zero-order valence-corrected chi connectivity index (χ0v) is 16.0. The SMILES string of the molecule is Cc1ccc(-c2nnc(CCC(=O)N3CC=C(c4ccccc4)CC3)o2)cc1. The summed E-state index contributed by atoms with van der Waals surface area (Å²) in [7, 11) is 0. The second kappa shape index (κ2) is 8.21. The smallest absolute Gasteiger partial charge is 0.247 e. The molecule has 1 aromatic heterocycles. The number of aryl methyl sites for hydroxylation is 2. The van der Waals surface area contributed by atoms with Crippen LogP contribution in [0.3, 0.4) is 0 Å². The van der Waals surface area contributed by atoms with Crippen molar-refractivity contribution < 1.29 is 9.21 Å². The van der Waals surface area contributed by atoms with Crippen LogP contribution >= 0.6 is 0 Å². The van der Waals surface area contributed by atoms with E-state index in [1.165, 1.54) is 16.7 Å². The molecule has 0 atom stereocenters. The Morgan fingerprint density at radius 2 is 1.82 bits per heavy atom. The third kappa shape index (κ3) is 4.19. The van der Waals surface area contributed by atoms with Crippen LogP contribution in [0.5, 0.6) is 0 Å². The van der Waals surface area contributed by atoms with E-state index in [0.29, 0.717) is 31.2 Å². The van der Waals surface area contributed by atoms with Crippen LogP contribution in [0.1, 0.15) is 29.9 Å². The average molecular weight is 373 g/mol. The number of benzene rings is 2. The Bertz CT molecular complexity index is 975. The summed E-state index contributed by atoms with van der Waals surface area (Å²) in [6, 6.07) is 18.3. The molecule has 28 heavy (non-hydrogen) atoms. The number of hydrogen-bond acceptors (Lipinski definition) is 4. The third-order valence-electron chi connectivity index (χ3n) is 5.02. The van der Waals surface area contributed by atoms with Crippen LogP contribution in [-0.4, -0.2) is 34.1 Å². The highest BCUT2D eigenvalue weighted by atomic mass is 16.4. The van der Waals surface area contributed by atoms with E-state index in [2.05, 4.69) is 28.4 Å². The van der Waals surface area contributed by atoms with Crippen molar-refractivity contribution in [3.8, 4) is 11.5 Å². The summed E-state index contributed by atoms with van der Waals surface area (Å²) in [6.45, 7) is 3.44. The lowest BCUT2D eigenvalue weighted by atomic mass is 9.99. The van der Waals surface area contributed by atoms with E-state index < -0.39 is 0 Å². The van der Waals surface area contributed by atoms with Crippen LogP contribution in [0.4, 0.5) is 0 Å². The molecule has 1 aliphatic heterocycles. The van der Waals surface area contributed by atoms with Gasteiger partial charge in [0.25, 0.3) is 0 Å². The first-order valence-electron chi connectivity index (χ1n) is 9.61. The number of amides is 1. The molecule has 2 heterocycles. The molecule has 5 nitrogen and oxygen atoms in total. The minimum absolute atomic E-state index is 0.124. The standard InChI is InChI=1S/C23H23N3O2/c1-17-7-9-20(10-8-17)23-25-24-21(28-23)11-12-22(27)26-15-13-19(14-16-26)18-5-3-2-4-6-18/h2-10,13H,11-12,14-16H2,1H3. The van der Waals surface area contributed by atoms with E-state index in [0.717, 1.165) is 18.5 Å². The van der Waals surface area contributed by atoms with Crippen LogP contribution in [0.25, 0.3) is 17.0 Å². The van der Waals surface area contributed by atoms with Gasteiger partial charge in [-0.2, -0.15) is 0 Å². The number of carbonyl (C=O) groups is 1. The Balaban J connectivity index is 1.32. The van der Waals surface area contributed by atoms with Crippen molar-refractivity contribution in [2.24, 2.45) is 0 Å². The zero-order valence-electron chi connectivity index (χ0n) is 16.0. The van der Waals surface area contributed by atoms with Gasteiger partial charge < -0.3 is 9.32 Å². The highest BCUT2D eigenvalue weighted by Crippen LogP contribution is 2.23. The fourth-order valence-electron chi connectivity index (χ4n) is 3.35. The fourth-order valence-corrected chi connectivity index (χ4v) is 3.35. The van der Waals surface area contributed by atoms with Gasteiger partial charge in [-0.15, -0.1) is 10.2 Å². The van der Waals surface area contributed by atoms with Crippen LogP contribution in [0.15, 0.2) is 65.1 Å².